The number of aryl methyl sites for hydroxylation is 1. The van der Waals surface area contributed by atoms with Crippen LogP contribution in [0, 0.1) is 5.41 Å². The second-order valence-electron chi connectivity index (χ2n) is 8.08. The first kappa shape index (κ1) is 18.2. The summed E-state index contributed by atoms with van der Waals surface area (Å²) in [4.78, 5) is 32.6. The molecule has 146 valence electrons. The highest BCUT2D eigenvalue weighted by Gasteiger charge is 2.47. The van der Waals surface area contributed by atoms with Gasteiger partial charge in [-0.25, -0.2) is 4.98 Å². The van der Waals surface area contributed by atoms with Crippen LogP contribution in [0.4, 0.5) is 5.82 Å². The van der Waals surface area contributed by atoms with E-state index in [4.69, 9.17) is 10.1 Å². The summed E-state index contributed by atoms with van der Waals surface area (Å²) < 4.78 is 0. The van der Waals surface area contributed by atoms with Crippen LogP contribution in [0.5, 0.6) is 0 Å². The zero-order chi connectivity index (χ0) is 18.9. The Morgan fingerprint density at radius 2 is 2.00 bits per heavy atom. The normalized spacial score (nSPS) is 21.9. The fourth-order valence-corrected chi connectivity index (χ4v) is 4.66. The van der Waals surface area contributed by atoms with Gasteiger partial charge in [0.25, 0.3) is 0 Å². The minimum Gasteiger partial charge on any atom is -0.480 e. The molecule has 0 radical (unpaired) electrons. The number of pyridine rings is 1. The van der Waals surface area contributed by atoms with E-state index in [1.807, 2.05) is 9.80 Å². The van der Waals surface area contributed by atoms with E-state index in [0.717, 1.165) is 63.1 Å². The van der Waals surface area contributed by atoms with Gasteiger partial charge in [-0.1, -0.05) is 6.07 Å². The van der Waals surface area contributed by atoms with Gasteiger partial charge in [-0.05, 0) is 56.8 Å². The van der Waals surface area contributed by atoms with E-state index < -0.39 is 5.97 Å². The number of rotatable bonds is 5. The molecule has 2 saturated heterocycles. The van der Waals surface area contributed by atoms with Crippen LogP contribution in [0.2, 0.25) is 0 Å². The van der Waals surface area contributed by atoms with Gasteiger partial charge < -0.3 is 15.3 Å². The van der Waals surface area contributed by atoms with Crippen molar-refractivity contribution in [2.24, 2.45) is 5.41 Å². The lowest BCUT2D eigenvalue weighted by Crippen LogP contribution is -2.46. The molecule has 1 amide bonds. The Balaban J connectivity index is 1.32. The van der Waals surface area contributed by atoms with Crippen LogP contribution in [0.1, 0.15) is 36.9 Å². The predicted octanol–water partition coefficient (Wildman–Crippen LogP) is 1.38. The Bertz CT molecular complexity index is 728. The Morgan fingerprint density at radius 3 is 2.78 bits per heavy atom. The quantitative estimate of drug-likeness (QED) is 0.812. The van der Waals surface area contributed by atoms with Gasteiger partial charge >= 0.3 is 5.97 Å². The van der Waals surface area contributed by atoms with Crippen LogP contribution in [0.25, 0.3) is 0 Å². The number of hydrogen-bond donors (Lipinski definition) is 2. The maximum absolute atomic E-state index is 13.0. The van der Waals surface area contributed by atoms with E-state index >= 15 is 0 Å². The third-order valence-electron chi connectivity index (χ3n) is 6.36. The fraction of sp³-hybridized carbons (Fsp3) is 0.650. The van der Waals surface area contributed by atoms with Crippen LogP contribution >= 0.6 is 0 Å². The largest absolute Gasteiger partial charge is 0.480 e. The van der Waals surface area contributed by atoms with E-state index in [1.165, 1.54) is 5.56 Å². The standard InChI is InChI=1S/C20H28N4O3/c25-17(26)14-23-11-6-20(7-12-23)8-13-24(19(20)27)10-5-16-4-3-15-2-1-9-21-18(15)22-16/h3-4H,1-2,5-14H2,(H,21,22)(H,25,26). The molecule has 27 heavy (non-hydrogen) atoms. The summed E-state index contributed by atoms with van der Waals surface area (Å²) >= 11 is 0. The Hall–Kier alpha value is -2.15. The summed E-state index contributed by atoms with van der Waals surface area (Å²) in [5.41, 5.74) is 2.06. The molecule has 4 heterocycles. The van der Waals surface area contributed by atoms with Crippen LogP contribution in [0.3, 0.4) is 0 Å². The van der Waals surface area contributed by atoms with Crippen molar-refractivity contribution in [1.82, 2.24) is 14.8 Å². The number of aromatic nitrogens is 1. The number of fused-ring (bicyclic) bond motifs is 1. The van der Waals surface area contributed by atoms with Gasteiger partial charge in [-0.15, -0.1) is 0 Å². The molecule has 0 atom stereocenters. The second kappa shape index (κ2) is 7.46. The lowest BCUT2D eigenvalue weighted by molar-refractivity contribution is -0.140. The molecule has 1 spiro atoms. The molecule has 3 aliphatic rings. The number of aliphatic carboxylic acids is 1. The van der Waals surface area contributed by atoms with Crippen molar-refractivity contribution in [3.05, 3.63) is 23.4 Å². The molecule has 0 bridgehead atoms. The number of anilines is 1. The maximum atomic E-state index is 13.0. The number of piperidine rings is 1. The number of amides is 1. The van der Waals surface area contributed by atoms with E-state index in [0.29, 0.717) is 19.6 Å². The highest BCUT2D eigenvalue weighted by Crippen LogP contribution is 2.41. The number of likely N-dealkylation sites (tertiary alicyclic amines) is 2. The monoisotopic (exact) mass is 372 g/mol. The topological polar surface area (TPSA) is 85.8 Å². The number of nitrogens with zero attached hydrogens (tertiary/aromatic N) is 3. The summed E-state index contributed by atoms with van der Waals surface area (Å²) in [6, 6.07) is 4.25. The summed E-state index contributed by atoms with van der Waals surface area (Å²) in [7, 11) is 0. The smallest absolute Gasteiger partial charge is 0.317 e. The molecule has 0 aliphatic carbocycles. The van der Waals surface area contributed by atoms with Crippen LogP contribution in [-0.4, -0.2) is 71.0 Å². The highest BCUT2D eigenvalue weighted by atomic mass is 16.4. The minimum atomic E-state index is -0.794. The Morgan fingerprint density at radius 1 is 1.22 bits per heavy atom. The van der Waals surface area contributed by atoms with Crippen molar-refractivity contribution in [2.75, 3.05) is 44.6 Å². The predicted molar refractivity (Wildman–Crippen MR) is 102 cm³/mol. The first-order chi connectivity index (χ1) is 13.1. The second-order valence-corrected chi connectivity index (χ2v) is 8.08. The van der Waals surface area contributed by atoms with Crippen molar-refractivity contribution in [1.29, 1.82) is 0 Å². The van der Waals surface area contributed by atoms with Gasteiger partial charge in [0.2, 0.25) is 5.91 Å². The molecule has 4 rings (SSSR count). The van der Waals surface area contributed by atoms with Crippen molar-refractivity contribution >= 4 is 17.7 Å². The Kier molecular flexibility index (Phi) is 5.04. The first-order valence-electron chi connectivity index (χ1n) is 10.0. The summed E-state index contributed by atoms with van der Waals surface area (Å²) in [5, 5.41) is 12.3. The van der Waals surface area contributed by atoms with E-state index in [2.05, 4.69) is 17.4 Å². The van der Waals surface area contributed by atoms with Crippen LogP contribution < -0.4 is 5.32 Å². The van der Waals surface area contributed by atoms with Crippen LogP contribution in [0.15, 0.2) is 12.1 Å². The number of nitrogens with one attached hydrogen (secondary N) is 1. The molecule has 2 fully saturated rings. The third-order valence-corrected chi connectivity index (χ3v) is 6.36. The summed E-state index contributed by atoms with van der Waals surface area (Å²) in [5.74, 6) is 0.472. The van der Waals surface area contributed by atoms with Crippen molar-refractivity contribution in [2.45, 2.75) is 38.5 Å². The fourth-order valence-electron chi connectivity index (χ4n) is 4.66. The number of carboxylic acids is 1. The van der Waals surface area contributed by atoms with Gasteiger partial charge in [-0.3, -0.25) is 14.5 Å². The molecule has 1 aromatic rings. The van der Waals surface area contributed by atoms with Gasteiger partial charge in [0, 0.05) is 31.7 Å². The molecular weight excluding hydrogens is 344 g/mol. The molecule has 0 unspecified atom stereocenters. The number of hydrogen-bond acceptors (Lipinski definition) is 5. The molecule has 3 aliphatic heterocycles. The van der Waals surface area contributed by atoms with Gasteiger partial charge in [0.1, 0.15) is 5.82 Å². The SMILES string of the molecule is O=C(O)CN1CCC2(CC1)CCN(CCc1ccc3c(n1)NCCC3)C2=O. The molecule has 7 heteroatoms. The van der Waals surface area contributed by atoms with Crippen LogP contribution in [-0.2, 0) is 22.4 Å². The summed E-state index contributed by atoms with van der Waals surface area (Å²) in [6.07, 6.45) is 5.46. The lowest BCUT2D eigenvalue weighted by Gasteiger charge is -2.37. The minimum absolute atomic E-state index is 0.0754. The summed E-state index contributed by atoms with van der Waals surface area (Å²) in [6.45, 7) is 3.97. The number of carbonyl (C=O) groups excluding carboxylic acids is 1. The van der Waals surface area contributed by atoms with E-state index in [1.54, 1.807) is 0 Å². The molecule has 1 aromatic heterocycles. The van der Waals surface area contributed by atoms with Crippen molar-refractivity contribution in [3.8, 4) is 0 Å². The van der Waals surface area contributed by atoms with Crippen molar-refractivity contribution in [3.63, 3.8) is 0 Å². The molecule has 2 N–H and O–H groups in total. The van der Waals surface area contributed by atoms with Gasteiger partial charge in [0.15, 0.2) is 0 Å². The van der Waals surface area contributed by atoms with Gasteiger partial charge in [0.05, 0.1) is 12.0 Å². The third kappa shape index (κ3) is 3.78. The van der Waals surface area contributed by atoms with E-state index in [-0.39, 0.29) is 17.9 Å². The maximum Gasteiger partial charge on any atom is 0.317 e. The zero-order valence-corrected chi connectivity index (χ0v) is 15.7. The number of carboxylic acid groups (broad SMARTS) is 1. The molecule has 7 nitrogen and oxygen atoms in total. The average Bonchev–Trinajstić information content (AvgIpc) is 2.97. The van der Waals surface area contributed by atoms with Gasteiger partial charge in [-0.2, -0.15) is 0 Å². The lowest BCUT2D eigenvalue weighted by atomic mass is 9.77. The Labute approximate surface area is 159 Å². The molecule has 0 aromatic carbocycles. The average molecular weight is 372 g/mol. The first-order valence-corrected chi connectivity index (χ1v) is 10.0. The van der Waals surface area contributed by atoms with Crippen molar-refractivity contribution < 1.29 is 14.7 Å². The zero-order valence-electron chi connectivity index (χ0n) is 15.7. The number of carbonyl (C=O) groups is 2. The highest BCUT2D eigenvalue weighted by molar-refractivity contribution is 5.85. The van der Waals surface area contributed by atoms with E-state index in [9.17, 15) is 9.59 Å². The molecule has 0 saturated carbocycles. The molecular formula is C20H28N4O3.